The monoisotopic (exact) mass is 104 g/mol. The molecule has 0 bridgehead atoms. The molecule has 0 saturated carbocycles. The van der Waals surface area contributed by atoms with Gasteiger partial charge in [0.15, 0.2) is 0 Å². The van der Waals surface area contributed by atoms with Crippen molar-refractivity contribution in [2.45, 2.75) is 19.5 Å². The maximum atomic E-state index is 2.41. The molecule has 0 aromatic heterocycles. The van der Waals surface area contributed by atoms with Crippen molar-refractivity contribution in [2.75, 3.05) is 0 Å². The largest absolute Gasteiger partial charge is 0.0771 e. The summed E-state index contributed by atoms with van der Waals surface area (Å²) in [6.45, 7) is 4.72. The molecular formula is C3H12Si2. The van der Waals surface area contributed by atoms with E-state index < -0.39 is 0 Å². The minimum atomic E-state index is 0.553. The van der Waals surface area contributed by atoms with Crippen LogP contribution in [-0.2, 0) is 0 Å². The normalized spacial score (nSPS) is 13.2. The van der Waals surface area contributed by atoms with E-state index in [-0.39, 0.29) is 0 Å². The second-order valence-corrected chi connectivity index (χ2v) is 9.18. The van der Waals surface area contributed by atoms with Gasteiger partial charge >= 0.3 is 0 Å². The molecule has 0 radical (unpaired) electrons. The van der Waals surface area contributed by atoms with Crippen LogP contribution < -0.4 is 0 Å². The molecule has 0 spiro atoms. The van der Waals surface area contributed by atoms with E-state index in [4.69, 9.17) is 0 Å². The fourth-order valence-corrected chi connectivity index (χ4v) is 3.18. The first-order valence-corrected chi connectivity index (χ1v) is 8.83. The molecular weight excluding hydrogens is 92.2 g/mol. The van der Waals surface area contributed by atoms with Crippen molar-refractivity contribution in [3.63, 3.8) is 0 Å². The summed E-state index contributed by atoms with van der Waals surface area (Å²) < 4.78 is 0. The van der Waals surface area contributed by atoms with Gasteiger partial charge in [0.1, 0.15) is 0 Å². The Kier molecular flexibility index (Phi) is 4.82. The first-order valence-electron chi connectivity index (χ1n) is 2.41. The minimum Gasteiger partial charge on any atom is -0.0771 e. The fraction of sp³-hybridized carbons (Fsp3) is 1.00. The van der Waals surface area contributed by atoms with Gasteiger partial charge in [-0.15, -0.1) is 0 Å². The topological polar surface area (TPSA) is 0 Å². The molecule has 0 aromatic rings. The highest BCUT2D eigenvalue weighted by molar-refractivity contribution is 6.99. The van der Waals surface area contributed by atoms with Gasteiger partial charge in [-0.05, 0) is 0 Å². The van der Waals surface area contributed by atoms with Crippen LogP contribution in [0.5, 0.6) is 0 Å². The van der Waals surface area contributed by atoms with Crippen molar-refractivity contribution in [3.8, 4) is 0 Å². The Morgan fingerprint density at radius 2 is 2.20 bits per heavy atom. The molecule has 0 nitrogen and oxygen atoms in total. The molecule has 32 valence electrons. The van der Waals surface area contributed by atoms with E-state index in [0.717, 1.165) is 0 Å². The second kappa shape index (κ2) is 4.43. The fourth-order valence-electron chi connectivity index (χ4n) is 0.354. The Balaban J connectivity index is 2.19. The average Bonchev–Trinajstić information content (AvgIpc) is 1.41. The molecule has 0 fully saturated rings. The van der Waals surface area contributed by atoms with Crippen LogP contribution in [0.2, 0.25) is 12.6 Å². The van der Waals surface area contributed by atoms with E-state index in [1.54, 1.807) is 6.04 Å². The molecule has 0 amide bonds. The van der Waals surface area contributed by atoms with Crippen LogP contribution in [0.4, 0.5) is 0 Å². The smallest absolute Gasteiger partial charge is 0.00735 e. The van der Waals surface area contributed by atoms with Gasteiger partial charge < -0.3 is 0 Å². The molecule has 0 aliphatic carbocycles. The van der Waals surface area contributed by atoms with Crippen LogP contribution in [0.25, 0.3) is 0 Å². The summed E-state index contributed by atoms with van der Waals surface area (Å²) in [4.78, 5) is 0. The standard InChI is InChI=1S/C3H12Si2/c1-3-5-4-2/h3-5H2,1-2H3. The SMILES string of the molecule is CC[SiH2][SiH2]C. The van der Waals surface area contributed by atoms with Gasteiger partial charge in [-0.1, -0.05) is 19.5 Å². The third-order valence-corrected chi connectivity index (χ3v) is 6.36. The Morgan fingerprint density at radius 1 is 1.60 bits per heavy atom. The van der Waals surface area contributed by atoms with Crippen LogP contribution in [0, 0.1) is 0 Å². The van der Waals surface area contributed by atoms with Gasteiger partial charge in [-0.3, -0.25) is 0 Å². The third kappa shape index (κ3) is 4.43. The lowest BCUT2D eigenvalue weighted by Crippen LogP contribution is -1.92. The van der Waals surface area contributed by atoms with Crippen molar-refractivity contribution in [3.05, 3.63) is 0 Å². The molecule has 0 atom stereocenters. The van der Waals surface area contributed by atoms with Crippen LogP contribution >= 0.6 is 0 Å². The Bertz CT molecular complexity index is 12.4. The highest BCUT2D eigenvalue weighted by Crippen LogP contribution is 1.66. The van der Waals surface area contributed by atoms with Crippen molar-refractivity contribution in [1.29, 1.82) is 0 Å². The zero-order valence-corrected chi connectivity index (χ0v) is 6.95. The summed E-state index contributed by atoms with van der Waals surface area (Å²) in [6, 6.07) is 1.54. The predicted molar refractivity (Wildman–Crippen MR) is 33.4 cm³/mol. The van der Waals surface area contributed by atoms with Gasteiger partial charge in [0.05, 0.1) is 0 Å². The van der Waals surface area contributed by atoms with Gasteiger partial charge in [0.25, 0.3) is 0 Å². The van der Waals surface area contributed by atoms with Crippen LogP contribution in [0.15, 0.2) is 0 Å². The zero-order valence-electron chi connectivity index (χ0n) is 4.12. The van der Waals surface area contributed by atoms with E-state index in [0.29, 0.717) is 18.1 Å². The molecule has 0 N–H and O–H groups in total. The Labute approximate surface area is 38.4 Å². The quantitative estimate of drug-likeness (QED) is 0.423. The summed E-state index contributed by atoms with van der Waals surface area (Å²) >= 11 is 0. The van der Waals surface area contributed by atoms with Crippen molar-refractivity contribution in [2.24, 2.45) is 0 Å². The summed E-state index contributed by atoms with van der Waals surface area (Å²) in [7, 11) is 1.12. The maximum absolute atomic E-state index is 2.41. The van der Waals surface area contributed by atoms with Crippen LogP contribution in [0.3, 0.4) is 0 Å². The molecule has 0 unspecified atom stereocenters. The van der Waals surface area contributed by atoms with Crippen molar-refractivity contribution >= 4 is 18.1 Å². The predicted octanol–water partition coefficient (Wildman–Crippen LogP) is -0.275. The van der Waals surface area contributed by atoms with E-state index in [1.807, 2.05) is 0 Å². The van der Waals surface area contributed by atoms with Gasteiger partial charge in [-0.2, -0.15) is 0 Å². The van der Waals surface area contributed by atoms with E-state index in [1.165, 1.54) is 0 Å². The molecule has 2 heteroatoms. The number of rotatable bonds is 2. The lowest BCUT2D eigenvalue weighted by molar-refractivity contribution is 1.47. The maximum Gasteiger partial charge on any atom is 0.00735 e. The highest BCUT2D eigenvalue weighted by atomic mass is 29.1. The lowest BCUT2D eigenvalue weighted by atomic mass is 11.0. The molecule has 0 rings (SSSR count). The molecule has 0 aromatic carbocycles. The lowest BCUT2D eigenvalue weighted by Gasteiger charge is -1.76. The molecule has 0 saturated heterocycles. The van der Waals surface area contributed by atoms with E-state index in [9.17, 15) is 0 Å². The third-order valence-electron chi connectivity index (χ3n) is 0.707. The number of hydrogen-bond acceptors (Lipinski definition) is 0. The summed E-state index contributed by atoms with van der Waals surface area (Å²) in [5, 5.41) is 0. The molecule has 5 heavy (non-hydrogen) atoms. The van der Waals surface area contributed by atoms with Crippen LogP contribution in [0.1, 0.15) is 6.92 Å². The first-order chi connectivity index (χ1) is 2.41. The van der Waals surface area contributed by atoms with E-state index >= 15 is 0 Å². The van der Waals surface area contributed by atoms with Gasteiger partial charge in [-0.25, -0.2) is 0 Å². The molecule has 0 aliphatic heterocycles. The summed E-state index contributed by atoms with van der Waals surface area (Å²) in [5.74, 6) is 0. The van der Waals surface area contributed by atoms with E-state index in [2.05, 4.69) is 13.5 Å². The van der Waals surface area contributed by atoms with Gasteiger partial charge in [0, 0.05) is 18.1 Å². The van der Waals surface area contributed by atoms with Crippen molar-refractivity contribution in [1.82, 2.24) is 0 Å². The highest BCUT2D eigenvalue weighted by Gasteiger charge is 1.71. The zero-order chi connectivity index (χ0) is 4.12. The molecule has 0 aliphatic rings. The first kappa shape index (κ1) is 5.43. The van der Waals surface area contributed by atoms with Crippen molar-refractivity contribution < 1.29 is 0 Å². The minimum absolute atomic E-state index is 0.553. The van der Waals surface area contributed by atoms with Gasteiger partial charge in [0.2, 0.25) is 0 Å². The second-order valence-electron chi connectivity index (χ2n) is 1.35. The Hall–Kier alpha value is 0.434. The van der Waals surface area contributed by atoms with Crippen LogP contribution in [-0.4, -0.2) is 18.1 Å². The summed E-state index contributed by atoms with van der Waals surface area (Å²) in [6.07, 6.45) is 0. The summed E-state index contributed by atoms with van der Waals surface area (Å²) in [5.41, 5.74) is 0. The Morgan fingerprint density at radius 3 is 2.20 bits per heavy atom. The molecule has 0 heterocycles. The number of hydrogen-bond donors (Lipinski definition) is 0. The average molecular weight is 104 g/mol.